The van der Waals surface area contributed by atoms with Crippen LogP contribution in [0, 0.1) is 11.3 Å². The van der Waals surface area contributed by atoms with Crippen LogP contribution >= 0.6 is 0 Å². The molecule has 1 heterocycles. The molecule has 110 valence electrons. The van der Waals surface area contributed by atoms with E-state index >= 15 is 0 Å². The average molecular weight is 274 g/mol. The maximum atomic E-state index is 12.7. The van der Waals surface area contributed by atoms with Crippen LogP contribution in [-0.2, 0) is 17.6 Å². The lowest BCUT2D eigenvalue weighted by Gasteiger charge is -2.37. The molecule has 0 spiro atoms. The summed E-state index contributed by atoms with van der Waals surface area (Å²) < 4.78 is 0. The van der Waals surface area contributed by atoms with E-state index < -0.39 is 0 Å². The molecule has 0 amide bonds. The largest absolute Gasteiger partial charge is 0.329 e. The molecule has 3 nitrogen and oxygen atoms in total. The van der Waals surface area contributed by atoms with Crippen LogP contribution in [0.3, 0.4) is 0 Å². The summed E-state index contributed by atoms with van der Waals surface area (Å²) in [5, 5.41) is 0. The van der Waals surface area contributed by atoms with Crippen molar-refractivity contribution in [2.24, 2.45) is 17.1 Å². The van der Waals surface area contributed by atoms with Crippen LogP contribution in [0.1, 0.15) is 50.8 Å². The van der Waals surface area contributed by atoms with Gasteiger partial charge in [0.1, 0.15) is 5.78 Å². The normalized spacial score (nSPS) is 26.4. The molecule has 0 aliphatic heterocycles. The fourth-order valence-electron chi connectivity index (χ4n) is 3.03. The van der Waals surface area contributed by atoms with Crippen LogP contribution in [0.2, 0.25) is 0 Å². The number of hydrogen-bond acceptors (Lipinski definition) is 3. The van der Waals surface area contributed by atoms with Gasteiger partial charge in [0, 0.05) is 30.3 Å². The van der Waals surface area contributed by atoms with Crippen molar-refractivity contribution < 1.29 is 4.79 Å². The molecule has 1 aliphatic carbocycles. The van der Waals surface area contributed by atoms with Crippen LogP contribution in [0.25, 0.3) is 0 Å². The monoisotopic (exact) mass is 274 g/mol. The van der Waals surface area contributed by atoms with E-state index in [0.717, 1.165) is 43.7 Å². The first kappa shape index (κ1) is 15.2. The van der Waals surface area contributed by atoms with Crippen LogP contribution in [0.5, 0.6) is 0 Å². The predicted molar refractivity (Wildman–Crippen MR) is 81.4 cm³/mol. The van der Waals surface area contributed by atoms with Crippen molar-refractivity contribution in [1.82, 2.24) is 4.98 Å². The summed E-state index contributed by atoms with van der Waals surface area (Å²) in [4.78, 5) is 17.1. The molecule has 1 aromatic rings. The second kappa shape index (κ2) is 6.49. The van der Waals surface area contributed by atoms with Crippen LogP contribution < -0.4 is 5.73 Å². The Balaban J connectivity index is 2.05. The first-order valence-electron chi connectivity index (χ1n) is 7.77. The number of Topliss-reactive ketones (excluding diaryl/α,β-unsaturated/α-hetero) is 1. The molecule has 2 rings (SSSR count). The lowest BCUT2D eigenvalue weighted by molar-refractivity contribution is -0.129. The molecule has 0 aromatic carbocycles. The number of rotatable bonds is 5. The highest BCUT2D eigenvalue weighted by Gasteiger charge is 2.39. The minimum absolute atomic E-state index is 0.281. The number of nitrogens with two attached hydrogens (primary N) is 1. The Morgan fingerprint density at radius 3 is 2.60 bits per heavy atom. The van der Waals surface area contributed by atoms with Crippen LogP contribution in [0.4, 0.5) is 0 Å². The summed E-state index contributed by atoms with van der Waals surface area (Å²) in [6, 6.07) is 4.04. The van der Waals surface area contributed by atoms with Crippen LogP contribution in [0.15, 0.2) is 18.3 Å². The van der Waals surface area contributed by atoms with E-state index in [-0.39, 0.29) is 11.2 Å². The summed E-state index contributed by atoms with van der Waals surface area (Å²) in [6.07, 6.45) is 7.39. The Morgan fingerprint density at radius 1 is 1.40 bits per heavy atom. The fraction of sp³-hybridized carbons (Fsp3) is 0.647. The minimum Gasteiger partial charge on any atom is -0.329 e. The predicted octanol–water partition coefficient (Wildman–Crippen LogP) is 2.91. The van der Waals surface area contributed by atoms with Gasteiger partial charge in [0.15, 0.2) is 0 Å². The third kappa shape index (κ3) is 3.26. The Bertz CT molecular complexity index is 445. The molecule has 1 aliphatic rings. The summed E-state index contributed by atoms with van der Waals surface area (Å²) in [5.74, 6) is 1.01. The molecule has 0 atom stereocenters. The topological polar surface area (TPSA) is 56.0 Å². The molecule has 0 radical (unpaired) electrons. The van der Waals surface area contributed by atoms with Gasteiger partial charge in [0.05, 0.1) is 0 Å². The van der Waals surface area contributed by atoms with Crippen molar-refractivity contribution >= 4 is 5.78 Å². The average Bonchev–Trinajstić information content (AvgIpc) is 2.49. The number of hydrogen-bond donors (Lipinski definition) is 1. The van der Waals surface area contributed by atoms with Crippen molar-refractivity contribution in [3.05, 3.63) is 29.6 Å². The Kier molecular flexibility index (Phi) is 4.92. The molecule has 20 heavy (non-hydrogen) atoms. The minimum atomic E-state index is -0.294. The number of pyridine rings is 1. The fourth-order valence-corrected chi connectivity index (χ4v) is 3.03. The van der Waals surface area contributed by atoms with Crippen LogP contribution in [-0.4, -0.2) is 17.3 Å². The SMILES string of the molecule is CCc1ccc(CC(=O)C2(CN)CCC(C)CC2)nc1. The van der Waals surface area contributed by atoms with Crippen molar-refractivity contribution in [1.29, 1.82) is 0 Å². The van der Waals surface area contributed by atoms with Gasteiger partial charge in [-0.15, -0.1) is 0 Å². The lowest BCUT2D eigenvalue weighted by atomic mass is 9.67. The quantitative estimate of drug-likeness (QED) is 0.898. The molecular formula is C17H26N2O. The van der Waals surface area contributed by atoms with Gasteiger partial charge < -0.3 is 5.73 Å². The van der Waals surface area contributed by atoms with E-state index in [4.69, 9.17) is 5.73 Å². The van der Waals surface area contributed by atoms with Gasteiger partial charge in [0.2, 0.25) is 0 Å². The van der Waals surface area contributed by atoms with E-state index in [0.29, 0.717) is 13.0 Å². The standard InChI is InChI=1S/C17H26N2O/c1-3-14-4-5-15(19-11-14)10-16(20)17(12-18)8-6-13(2)7-9-17/h4-5,11,13H,3,6-10,12,18H2,1-2H3. The van der Waals surface area contributed by atoms with Crippen molar-refractivity contribution in [2.75, 3.05) is 6.54 Å². The maximum Gasteiger partial charge on any atom is 0.146 e. The first-order chi connectivity index (χ1) is 9.59. The zero-order valence-corrected chi connectivity index (χ0v) is 12.7. The number of ketones is 1. The highest BCUT2D eigenvalue weighted by atomic mass is 16.1. The summed E-state index contributed by atoms with van der Waals surface area (Å²) in [6.45, 7) is 4.84. The highest BCUT2D eigenvalue weighted by molar-refractivity contribution is 5.86. The molecule has 0 saturated heterocycles. The molecule has 0 unspecified atom stereocenters. The second-order valence-electron chi connectivity index (χ2n) is 6.28. The Hall–Kier alpha value is -1.22. The number of aryl methyl sites for hydroxylation is 1. The Labute approximate surface area is 122 Å². The summed E-state index contributed by atoms with van der Waals surface area (Å²) in [5.41, 5.74) is 7.73. The van der Waals surface area contributed by atoms with Gasteiger partial charge in [0.25, 0.3) is 0 Å². The van der Waals surface area contributed by atoms with Crippen molar-refractivity contribution in [3.8, 4) is 0 Å². The van der Waals surface area contributed by atoms with Gasteiger partial charge >= 0.3 is 0 Å². The van der Waals surface area contributed by atoms with Gasteiger partial charge in [-0.3, -0.25) is 9.78 Å². The number of carbonyl (C=O) groups excluding carboxylic acids is 1. The summed E-state index contributed by atoms with van der Waals surface area (Å²) in [7, 11) is 0. The Morgan fingerprint density at radius 2 is 2.10 bits per heavy atom. The van der Waals surface area contributed by atoms with E-state index in [1.165, 1.54) is 5.56 Å². The van der Waals surface area contributed by atoms with Gasteiger partial charge in [-0.05, 0) is 49.7 Å². The van der Waals surface area contributed by atoms with Crippen molar-refractivity contribution in [3.63, 3.8) is 0 Å². The third-order valence-corrected chi connectivity index (χ3v) is 4.85. The molecular weight excluding hydrogens is 248 g/mol. The third-order valence-electron chi connectivity index (χ3n) is 4.85. The maximum absolute atomic E-state index is 12.7. The van der Waals surface area contributed by atoms with E-state index in [1.807, 2.05) is 12.3 Å². The second-order valence-corrected chi connectivity index (χ2v) is 6.28. The molecule has 1 saturated carbocycles. The number of carbonyl (C=O) groups is 1. The molecule has 1 fully saturated rings. The zero-order chi connectivity index (χ0) is 14.6. The van der Waals surface area contributed by atoms with E-state index in [1.54, 1.807) is 0 Å². The molecule has 1 aromatic heterocycles. The smallest absolute Gasteiger partial charge is 0.146 e. The van der Waals surface area contributed by atoms with Gasteiger partial charge in [-0.2, -0.15) is 0 Å². The lowest BCUT2D eigenvalue weighted by Crippen LogP contribution is -2.42. The van der Waals surface area contributed by atoms with E-state index in [9.17, 15) is 4.79 Å². The van der Waals surface area contributed by atoms with E-state index in [2.05, 4.69) is 24.9 Å². The number of aromatic nitrogens is 1. The molecule has 0 bridgehead atoms. The van der Waals surface area contributed by atoms with Gasteiger partial charge in [-0.1, -0.05) is 19.9 Å². The first-order valence-corrected chi connectivity index (χ1v) is 7.77. The highest BCUT2D eigenvalue weighted by Crippen LogP contribution is 2.39. The van der Waals surface area contributed by atoms with Crippen molar-refractivity contribution in [2.45, 2.75) is 52.4 Å². The zero-order valence-electron chi connectivity index (χ0n) is 12.7. The molecule has 2 N–H and O–H groups in total. The summed E-state index contributed by atoms with van der Waals surface area (Å²) >= 11 is 0. The number of nitrogens with zero attached hydrogens (tertiary/aromatic N) is 1. The van der Waals surface area contributed by atoms with Gasteiger partial charge in [-0.25, -0.2) is 0 Å². The molecule has 3 heteroatoms.